The lowest BCUT2D eigenvalue weighted by Crippen LogP contribution is -2.32. The van der Waals surface area contributed by atoms with Crippen molar-refractivity contribution in [3.8, 4) is 0 Å². The van der Waals surface area contributed by atoms with Crippen LogP contribution in [0.4, 0.5) is 0 Å². The van der Waals surface area contributed by atoms with E-state index in [9.17, 15) is 0 Å². The molecule has 3 nitrogen and oxygen atoms in total. The van der Waals surface area contributed by atoms with E-state index in [0.717, 1.165) is 30.7 Å². The van der Waals surface area contributed by atoms with Crippen molar-refractivity contribution < 1.29 is 0 Å². The van der Waals surface area contributed by atoms with E-state index in [1.807, 2.05) is 12.4 Å². The summed E-state index contributed by atoms with van der Waals surface area (Å²) in [5.74, 6) is 1.94. The number of aromatic nitrogens is 2. The summed E-state index contributed by atoms with van der Waals surface area (Å²) in [5, 5.41) is 3.61. The molecule has 14 heavy (non-hydrogen) atoms. The normalized spacial score (nSPS) is 26.9. The third kappa shape index (κ3) is 2.35. The Labute approximate surface area is 85.3 Å². The number of hydrogen-bond donors (Lipinski definition) is 2. The van der Waals surface area contributed by atoms with E-state index >= 15 is 0 Å². The second kappa shape index (κ2) is 4.60. The standard InChI is InChI=1S/C11H19N3/c1-9-3-2-4-10(9)12-6-5-11-13-7-8-14-11/h7-10,12H,2-6H2,1H3,(H,13,14). The van der Waals surface area contributed by atoms with Crippen LogP contribution in [0.5, 0.6) is 0 Å². The summed E-state index contributed by atoms with van der Waals surface area (Å²) < 4.78 is 0. The van der Waals surface area contributed by atoms with E-state index < -0.39 is 0 Å². The summed E-state index contributed by atoms with van der Waals surface area (Å²) in [6, 6.07) is 0.741. The minimum atomic E-state index is 0.741. The van der Waals surface area contributed by atoms with Gasteiger partial charge in [-0.3, -0.25) is 0 Å². The second-order valence-electron chi connectivity index (χ2n) is 4.25. The van der Waals surface area contributed by atoms with Crippen molar-refractivity contribution in [1.82, 2.24) is 15.3 Å². The highest BCUT2D eigenvalue weighted by Crippen LogP contribution is 2.24. The number of nitrogens with one attached hydrogen (secondary N) is 2. The number of hydrogen-bond acceptors (Lipinski definition) is 2. The van der Waals surface area contributed by atoms with Crippen molar-refractivity contribution in [1.29, 1.82) is 0 Å². The minimum absolute atomic E-state index is 0.741. The SMILES string of the molecule is CC1CCCC1NCCc1ncc[nH]1. The summed E-state index contributed by atoms with van der Waals surface area (Å²) in [6.07, 6.45) is 8.83. The molecule has 0 spiro atoms. The maximum absolute atomic E-state index is 4.20. The number of rotatable bonds is 4. The lowest BCUT2D eigenvalue weighted by molar-refractivity contribution is 0.428. The van der Waals surface area contributed by atoms with Crippen LogP contribution in [-0.2, 0) is 6.42 Å². The predicted molar refractivity (Wildman–Crippen MR) is 57.1 cm³/mol. The van der Waals surface area contributed by atoms with Crippen molar-refractivity contribution in [2.24, 2.45) is 5.92 Å². The van der Waals surface area contributed by atoms with Crippen LogP contribution < -0.4 is 5.32 Å². The lowest BCUT2D eigenvalue weighted by atomic mass is 10.1. The lowest BCUT2D eigenvalue weighted by Gasteiger charge is -2.16. The molecule has 0 saturated heterocycles. The topological polar surface area (TPSA) is 40.7 Å². The van der Waals surface area contributed by atoms with E-state index in [1.165, 1.54) is 19.3 Å². The molecular weight excluding hydrogens is 174 g/mol. The zero-order chi connectivity index (χ0) is 9.80. The quantitative estimate of drug-likeness (QED) is 0.764. The van der Waals surface area contributed by atoms with Gasteiger partial charge in [-0.1, -0.05) is 13.3 Å². The zero-order valence-electron chi connectivity index (χ0n) is 8.79. The van der Waals surface area contributed by atoms with Crippen LogP contribution >= 0.6 is 0 Å². The van der Waals surface area contributed by atoms with Gasteiger partial charge in [0.05, 0.1) is 0 Å². The van der Waals surface area contributed by atoms with Gasteiger partial charge in [0, 0.05) is 31.4 Å². The minimum Gasteiger partial charge on any atom is -0.349 e. The molecule has 78 valence electrons. The first kappa shape index (κ1) is 9.71. The highest BCUT2D eigenvalue weighted by molar-refractivity contribution is 4.88. The summed E-state index contributed by atoms with van der Waals surface area (Å²) in [7, 11) is 0. The van der Waals surface area contributed by atoms with Gasteiger partial charge in [-0.2, -0.15) is 0 Å². The molecule has 2 unspecified atom stereocenters. The molecule has 1 aromatic rings. The fraction of sp³-hybridized carbons (Fsp3) is 0.727. The van der Waals surface area contributed by atoms with Crippen molar-refractivity contribution in [2.75, 3.05) is 6.54 Å². The summed E-state index contributed by atoms with van der Waals surface area (Å²) >= 11 is 0. The fourth-order valence-electron chi connectivity index (χ4n) is 2.26. The largest absolute Gasteiger partial charge is 0.349 e. The molecule has 2 N–H and O–H groups in total. The third-order valence-electron chi connectivity index (χ3n) is 3.18. The molecular formula is C11H19N3. The maximum atomic E-state index is 4.20. The Morgan fingerprint density at radius 1 is 1.57 bits per heavy atom. The van der Waals surface area contributed by atoms with Gasteiger partial charge in [-0.25, -0.2) is 4.98 Å². The van der Waals surface area contributed by atoms with E-state index in [-0.39, 0.29) is 0 Å². The predicted octanol–water partition coefficient (Wildman–Crippen LogP) is 1.73. The summed E-state index contributed by atoms with van der Waals surface area (Å²) in [4.78, 5) is 7.33. The van der Waals surface area contributed by atoms with Crippen molar-refractivity contribution in [2.45, 2.75) is 38.6 Å². The Hall–Kier alpha value is -0.830. The molecule has 0 aliphatic heterocycles. The average molecular weight is 193 g/mol. The van der Waals surface area contributed by atoms with Crippen LogP contribution in [0.3, 0.4) is 0 Å². The van der Waals surface area contributed by atoms with Crippen LogP contribution in [0.2, 0.25) is 0 Å². The molecule has 2 atom stereocenters. The zero-order valence-corrected chi connectivity index (χ0v) is 8.79. The van der Waals surface area contributed by atoms with Gasteiger partial charge < -0.3 is 10.3 Å². The van der Waals surface area contributed by atoms with Crippen molar-refractivity contribution in [3.05, 3.63) is 18.2 Å². The van der Waals surface area contributed by atoms with Gasteiger partial charge in [-0.05, 0) is 18.8 Å². The molecule has 2 rings (SSSR count). The first-order chi connectivity index (χ1) is 6.86. The monoisotopic (exact) mass is 193 g/mol. The van der Waals surface area contributed by atoms with E-state index in [4.69, 9.17) is 0 Å². The smallest absolute Gasteiger partial charge is 0.107 e. The van der Waals surface area contributed by atoms with Crippen LogP contribution in [0.25, 0.3) is 0 Å². The highest BCUT2D eigenvalue weighted by atomic mass is 14.9. The molecule has 0 amide bonds. The van der Waals surface area contributed by atoms with Gasteiger partial charge in [0.2, 0.25) is 0 Å². The van der Waals surface area contributed by atoms with Gasteiger partial charge in [0.15, 0.2) is 0 Å². The van der Waals surface area contributed by atoms with E-state index in [0.29, 0.717) is 0 Å². The third-order valence-corrected chi connectivity index (χ3v) is 3.18. The Bertz CT molecular complexity index is 256. The number of imidazole rings is 1. The first-order valence-corrected chi connectivity index (χ1v) is 5.58. The Morgan fingerprint density at radius 3 is 3.14 bits per heavy atom. The molecule has 1 aliphatic carbocycles. The molecule has 1 heterocycles. The molecule has 0 aromatic carbocycles. The van der Waals surface area contributed by atoms with Gasteiger partial charge in [0.25, 0.3) is 0 Å². The van der Waals surface area contributed by atoms with E-state index in [1.54, 1.807) is 0 Å². The van der Waals surface area contributed by atoms with Crippen molar-refractivity contribution in [3.63, 3.8) is 0 Å². The molecule has 1 aromatic heterocycles. The number of aromatic amines is 1. The number of H-pyrrole nitrogens is 1. The molecule has 0 bridgehead atoms. The van der Waals surface area contributed by atoms with Crippen LogP contribution in [0.1, 0.15) is 32.0 Å². The maximum Gasteiger partial charge on any atom is 0.107 e. The molecule has 3 heteroatoms. The Kier molecular flexibility index (Phi) is 3.19. The van der Waals surface area contributed by atoms with Gasteiger partial charge in [0.1, 0.15) is 5.82 Å². The summed E-state index contributed by atoms with van der Waals surface area (Å²) in [5.41, 5.74) is 0. The van der Waals surface area contributed by atoms with E-state index in [2.05, 4.69) is 22.2 Å². The van der Waals surface area contributed by atoms with Gasteiger partial charge >= 0.3 is 0 Å². The van der Waals surface area contributed by atoms with Gasteiger partial charge in [-0.15, -0.1) is 0 Å². The van der Waals surface area contributed by atoms with Crippen LogP contribution in [-0.4, -0.2) is 22.6 Å². The highest BCUT2D eigenvalue weighted by Gasteiger charge is 2.22. The summed E-state index contributed by atoms with van der Waals surface area (Å²) in [6.45, 7) is 3.39. The average Bonchev–Trinajstić information content (AvgIpc) is 2.78. The number of nitrogens with zero attached hydrogens (tertiary/aromatic N) is 1. The Balaban J connectivity index is 1.68. The molecule has 1 saturated carbocycles. The van der Waals surface area contributed by atoms with Crippen LogP contribution in [0, 0.1) is 5.92 Å². The van der Waals surface area contributed by atoms with Crippen LogP contribution in [0.15, 0.2) is 12.4 Å². The molecule has 0 radical (unpaired) electrons. The molecule has 1 aliphatic rings. The second-order valence-corrected chi connectivity index (χ2v) is 4.25. The Morgan fingerprint density at radius 2 is 2.50 bits per heavy atom. The fourth-order valence-corrected chi connectivity index (χ4v) is 2.26. The first-order valence-electron chi connectivity index (χ1n) is 5.58. The molecule has 1 fully saturated rings. The van der Waals surface area contributed by atoms with Crippen molar-refractivity contribution >= 4 is 0 Å².